The van der Waals surface area contributed by atoms with Gasteiger partial charge in [-0.3, -0.25) is 0 Å². The van der Waals surface area contributed by atoms with Crippen molar-refractivity contribution in [3.05, 3.63) is 0 Å². The molecule has 0 aromatic carbocycles. The number of nitrogens with zero attached hydrogens (tertiary/aromatic N) is 1. The fraction of sp³-hybridized carbons (Fsp3) is 0.889. The molecule has 64 valence electrons. The van der Waals surface area contributed by atoms with Crippen molar-refractivity contribution in [2.75, 3.05) is 0 Å². The van der Waals surface area contributed by atoms with Gasteiger partial charge < -0.3 is 0 Å². The van der Waals surface area contributed by atoms with Crippen molar-refractivity contribution in [2.45, 2.75) is 51.2 Å². The van der Waals surface area contributed by atoms with Crippen LogP contribution in [0.4, 0.5) is 0 Å². The second-order valence-corrected chi connectivity index (χ2v) is 4.09. The van der Waals surface area contributed by atoms with E-state index in [0.29, 0.717) is 0 Å². The van der Waals surface area contributed by atoms with E-state index in [0.717, 1.165) is 19.3 Å². The molecule has 0 aliphatic carbocycles. The van der Waals surface area contributed by atoms with Crippen LogP contribution in [0, 0.1) is 10.7 Å². The minimum atomic E-state index is 0.240. The predicted octanol–water partition coefficient (Wildman–Crippen LogP) is 3.56. The summed E-state index contributed by atoms with van der Waals surface area (Å²) in [6.45, 7) is 6.52. The highest BCUT2D eigenvalue weighted by Crippen LogP contribution is 2.35. The van der Waals surface area contributed by atoms with Gasteiger partial charge in [-0.15, -0.1) is 0 Å². The van der Waals surface area contributed by atoms with Gasteiger partial charge in [0.2, 0.25) is 0 Å². The van der Waals surface area contributed by atoms with Crippen LogP contribution in [-0.4, -0.2) is 4.75 Å². The summed E-state index contributed by atoms with van der Waals surface area (Å²) >= 11 is 1.45. The highest BCUT2D eigenvalue weighted by Gasteiger charge is 2.25. The van der Waals surface area contributed by atoms with Gasteiger partial charge in [0.15, 0.2) is 0 Å². The van der Waals surface area contributed by atoms with E-state index in [9.17, 15) is 0 Å². The molecular weight excluding hydrogens is 154 g/mol. The third-order valence-electron chi connectivity index (χ3n) is 2.26. The van der Waals surface area contributed by atoms with Crippen molar-refractivity contribution < 1.29 is 0 Å². The number of thioether (sulfide) groups is 1. The van der Waals surface area contributed by atoms with Crippen LogP contribution in [0.3, 0.4) is 0 Å². The summed E-state index contributed by atoms with van der Waals surface area (Å²) in [5, 5.41) is 10.8. The Balaban J connectivity index is 4.10. The molecule has 0 aliphatic heterocycles. The van der Waals surface area contributed by atoms with Gasteiger partial charge in [0.25, 0.3) is 0 Å². The standard InChI is InChI=1S/C9H17NS/c1-4-7-9(5-2,6-3)11-8-10/h4-7H2,1-3H3. The minimum Gasteiger partial charge on any atom is -0.185 e. The SMILES string of the molecule is CCCC(CC)(CC)SC#N. The number of rotatable bonds is 5. The van der Waals surface area contributed by atoms with Crippen LogP contribution in [0.25, 0.3) is 0 Å². The third-order valence-corrected chi connectivity index (χ3v) is 3.56. The molecule has 11 heavy (non-hydrogen) atoms. The molecular formula is C9H17NS. The molecule has 1 nitrogen and oxygen atoms in total. The van der Waals surface area contributed by atoms with Gasteiger partial charge in [0.1, 0.15) is 5.40 Å². The Morgan fingerprint density at radius 2 is 1.82 bits per heavy atom. The molecule has 0 saturated carbocycles. The first-order valence-electron chi connectivity index (χ1n) is 4.31. The summed E-state index contributed by atoms with van der Waals surface area (Å²) in [5.41, 5.74) is 0. The molecule has 0 rings (SSSR count). The maximum atomic E-state index is 8.60. The minimum absolute atomic E-state index is 0.240. The zero-order valence-corrected chi connectivity index (χ0v) is 8.50. The molecule has 0 bridgehead atoms. The summed E-state index contributed by atoms with van der Waals surface area (Å²) in [6.07, 6.45) is 4.56. The molecule has 0 amide bonds. The van der Waals surface area contributed by atoms with Crippen molar-refractivity contribution in [2.24, 2.45) is 0 Å². The fourth-order valence-electron chi connectivity index (χ4n) is 1.35. The molecule has 0 aliphatic rings. The molecule has 0 N–H and O–H groups in total. The highest BCUT2D eigenvalue weighted by atomic mass is 32.2. The maximum Gasteiger partial charge on any atom is 0.133 e. The average molecular weight is 171 g/mol. The first kappa shape index (κ1) is 10.8. The molecule has 0 aromatic rings. The van der Waals surface area contributed by atoms with Crippen molar-refractivity contribution in [3.63, 3.8) is 0 Å². The normalized spacial score (nSPS) is 11.1. The monoisotopic (exact) mass is 171 g/mol. The van der Waals surface area contributed by atoms with E-state index in [1.807, 2.05) is 0 Å². The maximum absolute atomic E-state index is 8.60. The number of nitriles is 1. The summed E-state index contributed by atoms with van der Waals surface area (Å²) in [4.78, 5) is 0. The number of hydrogen-bond acceptors (Lipinski definition) is 2. The average Bonchev–Trinajstić information content (AvgIpc) is 2.04. The molecule has 0 saturated heterocycles. The van der Waals surface area contributed by atoms with Gasteiger partial charge in [-0.05, 0) is 31.0 Å². The van der Waals surface area contributed by atoms with Crippen LogP contribution in [-0.2, 0) is 0 Å². The van der Waals surface area contributed by atoms with Crippen LogP contribution in [0.5, 0.6) is 0 Å². The van der Waals surface area contributed by atoms with Gasteiger partial charge in [-0.1, -0.05) is 27.2 Å². The summed E-state index contributed by atoms with van der Waals surface area (Å²) in [6, 6.07) is 0. The fourth-order valence-corrected chi connectivity index (χ4v) is 2.14. The second-order valence-electron chi connectivity index (χ2n) is 2.83. The van der Waals surface area contributed by atoms with Gasteiger partial charge >= 0.3 is 0 Å². The molecule has 0 fully saturated rings. The molecule has 0 heterocycles. The van der Waals surface area contributed by atoms with Gasteiger partial charge in [-0.2, -0.15) is 5.26 Å². The van der Waals surface area contributed by atoms with E-state index in [1.54, 1.807) is 0 Å². The Hall–Kier alpha value is -0.160. The largest absolute Gasteiger partial charge is 0.185 e. The lowest BCUT2D eigenvalue weighted by atomic mass is 9.97. The Kier molecular flexibility index (Phi) is 5.41. The highest BCUT2D eigenvalue weighted by molar-refractivity contribution is 8.05. The van der Waals surface area contributed by atoms with Crippen molar-refractivity contribution in [1.82, 2.24) is 0 Å². The molecule has 0 radical (unpaired) electrons. The van der Waals surface area contributed by atoms with E-state index < -0.39 is 0 Å². The Bertz CT molecular complexity index is 133. The zero-order chi connectivity index (χ0) is 8.74. The van der Waals surface area contributed by atoms with Gasteiger partial charge in [0, 0.05) is 4.75 Å². The van der Waals surface area contributed by atoms with E-state index in [-0.39, 0.29) is 4.75 Å². The number of hydrogen-bond donors (Lipinski definition) is 0. The van der Waals surface area contributed by atoms with Crippen LogP contribution in [0.2, 0.25) is 0 Å². The van der Waals surface area contributed by atoms with E-state index in [1.165, 1.54) is 18.2 Å². The van der Waals surface area contributed by atoms with Crippen LogP contribution < -0.4 is 0 Å². The second kappa shape index (κ2) is 5.49. The smallest absolute Gasteiger partial charge is 0.133 e. The van der Waals surface area contributed by atoms with E-state index in [4.69, 9.17) is 5.26 Å². The lowest BCUT2D eigenvalue weighted by molar-refractivity contribution is 0.503. The van der Waals surface area contributed by atoms with Crippen molar-refractivity contribution in [1.29, 1.82) is 5.26 Å². The van der Waals surface area contributed by atoms with E-state index in [2.05, 4.69) is 26.2 Å². The van der Waals surface area contributed by atoms with Crippen molar-refractivity contribution >= 4 is 11.8 Å². The first-order valence-corrected chi connectivity index (χ1v) is 5.13. The summed E-state index contributed by atoms with van der Waals surface area (Å²) < 4.78 is 0.240. The Labute approximate surface area is 74.2 Å². The van der Waals surface area contributed by atoms with E-state index >= 15 is 0 Å². The Morgan fingerprint density at radius 3 is 2.09 bits per heavy atom. The predicted molar refractivity (Wildman–Crippen MR) is 51.4 cm³/mol. The summed E-state index contributed by atoms with van der Waals surface area (Å²) in [7, 11) is 0. The zero-order valence-electron chi connectivity index (χ0n) is 7.68. The lowest BCUT2D eigenvalue weighted by Crippen LogP contribution is -2.21. The molecule has 0 atom stereocenters. The third kappa shape index (κ3) is 3.16. The molecule has 2 heteroatoms. The number of thiocyanates is 1. The van der Waals surface area contributed by atoms with Crippen LogP contribution in [0.15, 0.2) is 0 Å². The van der Waals surface area contributed by atoms with Crippen LogP contribution >= 0.6 is 11.8 Å². The Morgan fingerprint density at radius 1 is 1.27 bits per heavy atom. The molecule has 0 unspecified atom stereocenters. The first-order chi connectivity index (χ1) is 5.24. The quantitative estimate of drug-likeness (QED) is 0.590. The van der Waals surface area contributed by atoms with Gasteiger partial charge in [-0.25, -0.2) is 0 Å². The topological polar surface area (TPSA) is 23.8 Å². The lowest BCUT2D eigenvalue weighted by Gasteiger charge is -2.26. The molecule has 0 aromatic heterocycles. The molecule has 0 spiro atoms. The van der Waals surface area contributed by atoms with Gasteiger partial charge in [0.05, 0.1) is 0 Å². The van der Waals surface area contributed by atoms with Crippen LogP contribution in [0.1, 0.15) is 46.5 Å². The summed E-state index contributed by atoms with van der Waals surface area (Å²) in [5.74, 6) is 0. The van der Waals surface area contributed by atoms with Crippen molar-refractivity contribution in [3.8, 4) is 5.40 Å².